The van der Waals surface area contributed by atoms with Crippen LogP contribution in [0.1, 0.15) is 10.5 Å². The van der Waals surface area contributed by atoms with Crippen molar-refractivity contribution >= 4 is 11.8 Å². The Morgan fingerprint density at radius 3 is 2.78 bits per heavy atom. The molecule has 1 aliphatic rings. The molecule has 0 unspecified atom stereocenters. The molecule has 1 saturated heterocycles. The van der Waals surface area contributed by atoms with Crippen LogP contribution in [0.5, 0.6) is 0 Å². The molecule has 1 aliphatic heterocycles. The molecule has 2 rings (SSSR count). The molecule has 0 bridgehead atoms. The van der Waals surface area contributed by atoms with Crippen molar-refractivity contribution in [1.82, 2.24) is 20.0 Å². The number of aromatic nitrogens is 2. The topological polar surface area (TPSA) is 76.5 Å². The van der Waals surface area contributed by atoms with Crippen molar-refractivity contribution in [3.05, 3.63) is 18.0 Å². The molecule has 2 heterocycles. The highest BCUT2D eigenvalue weighted by molar-refractivity contribution is 5.94. The molecule has 7 nitrogen and oxygen atoms in total. The molecule has 1 aromatic rings. The SMILES string of the molecule is Cn1ccc(C(=O)NCC(=O)N2CCOCC2)n1. The normalized spacial score (nSPS) is 15.5. The van der Waals surface area contributed by atoms with Crippen LogP contribution in [0.3, 0.4) is 0 Å². The van der Waals surface area contributed by atoms with Gasteiger partial charge in [-0.3, -0.25) is 14.3 Å². The van der Waals surface area contributed by atoms with Crippen molar-refractivity contribution in [2.45, 2.75) is 0 Å². The fourth-order valence-corrected chi connectivity index (χ4v) is 1.71. The highest BCUT2D eigenvalue weighted by atomic mass is 16.5. The van der Waals surface area contributed by atoms with Crippen molar-refractivity contribution in [3.63, 3.8) is 0 Å². The van der Waals surface area contributed by atoms with E-state index in [4.69, 9.17) is 4.74 Å². The highest BCUT2D eigenvalue weighted by Crippen LogP contribution is 1.97. The van der Waals surface area contributed by atoms with Gasteiger partial charge >= 0.3 is 0 Å². The van der Waals surface area contributed by atoms with E-state index in [1.807, 2.05) is 0 Å². The van der Waals surface area contributed by atoms with E-state index < -0.39 is 0 Å². The van der Waals surface area contributed by atoms with Crippen LogP contribution in [0.2, 0.25) is 0 Å². The molecule has 0 saturated carbocycles. The number of carbonyl (C=O) groups excluding carboxylic acids is 2. The molecule has 0 aliphatic carbocycles. The first kappa shape index (κ1) is 12.6. The maximum Gasteiger partial charge on any atom is 0.272 e. The van der Waals surface area contributed by atoms with Crippen molar-refractivity contribution in [1.29, 1.82) is 0 Å². The van der Waals surface area contributed by atoms with Crippen molar-refractivity contribution in [2.24, 2.45) is 7.05 Å². The monoisotopic (exact) mass is 252 g/mol. The predicted molar refractivity (Wildman–Crippen MR) is 62.9 cm³/mol. The zero-order chi connectivity index (χ0) is 13.0. The smallest absolute Gasteiger partial charge is 0.272 e. The second-order valence-corrected chi connectivity index (χ2v) is 4.05. The first-order valence-corrected chi connectivity index (χ1v) is 5.80. The van der Waals surface area contributed by atoms with Gasteiger partial charge in [-0.2, -0.15) is 5.10 Å². The summed E-state index contributed by atoms with van der Waals surface area (Å²) >= 11 is 0. The molecular weight excluding hydrogens is 236 g/mol. The molecule has 0 aromatic carbocycles. The fraction of sp³-hybridized carbons (Fsp3) is 0.545. The lowest BCUT2D eigenvalue weighted by Gasteiger charge is -2.26. The van der Waals surface area contributed by atoms with Gasteiger partial charge in [0.05, 0.1) is 19.8 Å². The Morgan fingerprint density at radius 2 is 2.17 bits per heavy atom. The molecule has 1 N–H and O–H groups in total. The van der Waals surface area contributed by atoms with Crippen LogP contribution in [0.25, 0.3) is 0 Å². The Bertz CT molecular complexity index is 437. The summed E-state index contributed by atoms with van der Waals surface area (Å²) in [6.07, 6.45) is 1.68. The summed E-state index contributed by atoms with van der Waals surface area (Å²) in [6, 6.07) is 1.61. The number of hydrogen-bond acceptors (Lipinski definition) is 4. The van der Waals surface area contributed by atoms with Gasteiger partial charge in [-0.15, -0.1) is 0 Å². The Labute approximate surface area is 105 Å². The number of carbonyl (C=O) groups is 2. The summed E-state index contributed by atoms with van der Waals surface area (Å²) in [6.45, 7) is 2.27. The minimum atomic E-state index is -0.336. The molecule has 98 valence electrons. The lowest BCUT2D eigenvalue weighted by Crippen LogP contribution is -2.45. The molecule has 1 aromatic heterocycles. The lowest BCUT2D eigenvalue weighted by atomic mass is 10.3. The van der Waals surface area contributed by atoms with E-state index in [9.17, 15) is 9.59 Å². The van der Waals surface area contributed by atoms with Gasteiger partial charge in [0.15, 0.2) is 0 Å². The first-order valence-electron chi connectivity index (χ1n) is 5.80. The lowest BCUT2D eigenvalue weighted by molar-refractivity contribution is -0.134. The number of nitrogens with zero attached hydrogens (tertiary/aromatic N) is 3. The predicted octanol–water partition coefficient (Wildman–Crippen LogP) is -0.991. The summed E-state index contributed by atoms with van der Waals surface area (Å²) in [4.78, 5) is 25.1. The van der Waals surface area contributed by atoms with E-state index in [0.29, 0.717) is 32.0 Å². The van der Waals surface area contributed by atoms with Gasteiger partial charge in [0.1, 0.15) is 5.69 Å². The van der Waals surface area contributed by atoms with Crippen molar-refractivity contribution in [3.8, 4) is 0 Å². The number of amides is 2. The van der Waals surface area contributed by atoms with Gasteiger partial charge < -0.3 is 15.0 Å². The Hall–Kier alpha value is -1.89. The van der Waals surface area contributed by atoms with Crippen LogP contribution >= 0.6 is 0 Å². The van der Waals surface area contributed by atoms with E-state index >= 15 is 0 Å². The second kappa shape index (κ2) is 5.63. The number of nitrogens with one attached hydrogen (secondary N) is 1. The fourth-order valence-electron chi connectivity index (χ4n) is 1.71. The van der Waals surface area contributed by atoms with Crippen LogP contribution < -0.4 is 5.32 Å². The van der Waals surface area contributed by atoms with Crippen molar-refractivity contribution in [2.75, 3.05) is 32.8 Å². The van der Waals surface area contributed by atoms with Crippen molar-refractivity contribution < 1.29 is 14.3 Å². The summed E-state index contributed by atoms with van der Waals surface area (Å²) in [5.74, 6) is -0.431. The van der Waals surface area contributed by atoms with E-state index in [1.54, 1.807) is 28.9 Å². The molecule has 0 radical (unpaired) electrons. The van der Waals surface area contributed by atoms with Crippen LogP contribution in [0.15, 0.2) is 12.3 Å². The second-order valence-electron chi connectivity index (χ2n) is 4.05. The molecular formula is C11H16N4O3. The first-order chi connectivity index (χ1) is 8.66. The van der Waals surface area contributed by atoms with Crippen LogP contribution in [-0.4, -0.2) is 59.3 Å². The zero-order valence-electron chi connectivity index (χ0n) is 10.3. The van der Waals surface area contributed by atoms with Gasteiger partial charge in [-0.05, 0) is 6.07 Å². The van der Waals surface area contributed by atoms with Gasteiger partial charge in [-0.1, -0.05) is 0 Å². The number of hydrogen-bond donors (Lipinski definition) is 1. The third kappa shape index (κ3) is 3.07. The largest absolute Gasteiger partial charge is 0.378 e. The van der Waals surface area contributed by atoms with Crippen LogP contribution in [-0.2, 0) is 16.6 Å². The average Bonchev–Trinajstić information content (AvgIpc) is 2.83. The zero-order valence-corrected chi connectivity index (χ0v) is 10.3. The van der Waals surface area contributed by atoms with E-state index in [-0.39, 0.29) is 18.4 Å². The minimum Gasteiger partial charge on any atom is -0.378 e. The molecule has 2 amide bonds. The third-order valence-corrected chi connectivity index (χ3v) is 2.71. The Balaban J connectivity index is 1.80. The van der Waals surface area contributed by atoms with Gasteiger partial charge in [0.2, 0.25) is 5.91 Å². The van der Waals surface area contributed by atoms with E-state index in [2.05, 4.69) is 10.4 Å². The van der Waals surface area contributed by atoms with Gasteiger partial charge in [-0.25, -0.2) is 0 Å². The average molecular weight is 252 g/mol. The molecule has 18 heavy (non-hydrogen) atoms. The summed E-state index contributed by atoms with van der Waals surface area (Å²) in [5.41, 5.74) is 0.312. The quantitative estimate of drug-likeness (QED) is 0.749. The summed E-state index contributed by atoms with van der Waals surface area (Å²) < 4.78 is 6.69. The van der Waals surface area contributed by atoms with E-state index in [0.717, 1.165) is 0 Å². The van der Waals surface area contributed by atoms with Gasteiger partial charge in [0.25, 0.3) is 5.91 Å². The van der Waals surface area contributed by atoms with Crippen LogP contribution in [0, 0.1) is 0 Å². The highest BCUT2D eigenvalue weighted by Gasteiger charge is 2.18. The minimum absolute atomic E-state index is 0.00456. The Morgan fingerprint density at radius 1 is 1.44 bits per heavy atom. The van der Waals surface area contributed by atoms with Gasteiger partial charge in [0, 0.05) is 26.3 Å². The third-order valence-electron chi connectivity index (χ3n) is 2.71. The molecule has 0 atom stereocenters. The van der Waals surface area contributed by atoms with Crippen LogP contribution in [0.4, 0.5) is 0 Å². The number of aryl methyl sites for hydroxylation is 1. The number of rotatable bonds is 3. The standard InChI is InChI=1S/C11H16N4O3/c1-14-3-2-9(13-14)11(17)12-8-10(16)15-4-6-18-7-5-15/h2-3H,4-8H2,1H3,(H,12,17). The molecule has 0 spiro atoms. The Kier molecular flexibility index (Phi) is 3.93. The number of ether oxygens (including phenoxy) is 1. The maximum atomic E-state index is 11.8. The number of morpholine rings is 1. The summed E-state index contributed by atoms with van der Waals surface area (Å²) in [5, 5.41) is 6.52. The van der Waals surface area contributed by atoms with E-state index in [1.165, 1.54) is 0 Å². The molecule has 7 heteroatoms. The maximum absolute atomic E-state index is 11.8. The molecule has 1 fully saturated rings. The summed E-state index contributed by atoms with van der Waals surface area (Å²) in [7, 11) is 1.73.